The first-order valence-electron chi connectivity index (χ1n) is 13.2. The predicted octanol–water partition coefficient (Wildman–Crippen LogP) is 4.71. The van der Waals surface area contributed by atoms with Gasteiger partial charge in [0.15, 0.2) is 6.29 Å². The predicted molar refractivity (Wildman–Crippen MR) is 155 cm³/mol. The van der Waals surface area contributed by atoms with E-state index in [1.807, 2.05) is 37.4 Å². The van der Waals surface area contributed by atoms with Gasteiger partial charge in [-0.05, 0) is 58.0 Å². The summed E-state index contributed by atoms with van der Waals surface area (Å²) in [6.45, 7) is 16.1. The number of hydrogen-bond donors (Lipinski definition) is 2. The molecule has 0 saturated heterocycles. The minimum atomic E-state index is -0.204. The first-order chi connectivity index (χ1) is 17.2. The van der Waals surface area contributed by atoms with Crippen molar-refractivity contribution in [1.82, 2.24) is 25.4 Å². The number of amidine groups is 2. The Morgan fingerprint density at radius 3 is 2.47 bits per heavy atom. The van der Waals surface area contributed by atoms with Gasteiger partial charge in [-0.25, -0.2) is 4.99 Å². The van der Waals surface area contributed by atoms with Gasteiger partial charge >= 0.3 is 0 Å². The van der Waals surface area contributed by atoms with Crippen molar-refractivity contribution in [2.24, 2.45) is 15.9 Å². The molecule has 2 rings (SSSR count). The topological polar surface area (TPSA) is 68.2 Å². The van der Waals surface area contributed by atoms with Crippen molar-refractivity contribution in [3.63, 3.8) is 0 Å². The zero-order chi connectivity index (χ0) is 26.7. The summed E-state index contributed by atoms with van der Waals surface area (Å²) in [4.78, 5) is 19.2. The first kappa shape index (κ1) is 29.5. The number of likely N-dealkylation sites (N-methyl/N-ethyl adjacent to an activating group) is 2. The molecule has 1 aromatic rings. The van der Waals surface area contributed by atoms with Crippen molar-refractivity contribution < 1.29 is 0 Å². The van der Waals surface area contributed by atoms with Crippen LogP contribution in [-0.2, 0) is 6.54 Å². The molecule has 198 valence electrons. The molecule has 2 heterocycles. The lowest BCUT2D eigenvalue weighted by Gasteiger charge is -2.40. The molecule has 0 spiro atoms. The Kier molecular flexibility index (Phi) is 12.0. The molecule has 7 nitrogen and oxygen atoms in total. The van der Waals surface area contributed by atoms with Gasteiger partial charge in [-0.3, -0.25) is 20.2 Å². The first-order valence-corrected chi connectivity index (χ1v) is 13.2. The molecule has 1 aliphatic heterocycles. The van der Waals surface area contributed by atoms with Crippen LogP contribution in [0.2, 0.25) is 0 Å². The molecule has 0 radical (unpaired) electrons. The Hall–Kier alpha value is -2.77. The fourth-order valence-electron chi connectivity index (χ4n) is 4.08. The fraction of sp³-hybridized carbons (Fsp3) is 0.552. The summed E-state index contributed by atoms with van der Waals surface area (Å²) in [5.74, 6) is 2.57. The van der Waals surface area contributed by atoms with Crippen molar-refractivity contribution in [3.8, 4) is 0 Å². The monoisotopic (exact) mass is 493 g/mol. The van der Waals surface area contributed by atoms with Crippen LogP contribution in [0.1, 0.15) is 58.7 Å². The van der Waals surface area contributed by atoms with Gasteiger partial charge in [0.2, 0.25) is 0 Å². The molecule has 0 saturated carbocycles. The Balaban J connectivity index is 2.33. The van der Waals surface area contributed by atoms with Gasteiger partial charge in [-0.2, -0.15) is 0 Å². The maximum absolute atomic E-state index is 5.08. The highest BCUT2D eigenvalue weighted by atomic mass is 15.4. The molecule has 36 heavy (non-hydrogen) atoms. The van der Waals surface area contributed by atoms with E-state index in [-0.39, 0.29) is 12.3 Å². The summed E-state index contributed by atoms with van der Waals surface area (Å²) in [5.41, 5.74) is 3.02. The highest BCUT2D eigenvalue weighted by Gasteiger charge is 2.34. The average molecular weight is 494 g/mol. The third-order valence-electron chi connectivity index (χ3n) is 6.65. The van der Waals surface area contributed by atoms with E-state index in [1.54, 1.807) is 6.08 Å². The van der Waals surface area contributed by atoms with Gasteiger partial charge in [-0.1, -0.05) is 63.6 Å². The number of allylic oxidation sites excluding steroid dienone is 5. The van der Waals surface area contributed by atoms with Gasteiger partial charge < -0.3 is 10.2 Å². The Morgan fingerprint density at radius 1 is 1.22 bits per heavy atom. The minimum absolute atomic E-state index is 0.0485. The smallest absolute Gasteiger partial charge is 0.176 e. The van der Waals surface area contributed by atoms with Gasteiger partial charge in [0.1, 0.15) is 17.7 Å². The number of pyridine rings is 1. The average Bonchev–Trinajstić information content (AvgIpc) is 2.87. The van der Waals surface area contributed by atoms with E-state index in [2.05, 4.69) is 86.9 Å². The Bertz CT molecular complexity index is 937. The van der Waals surface area contributed by atoms with Crippen LogP contribution in [0.3, 0.4) is 0 Å². The second kappa shape index (κ2) is 14.7. The van der Waals surface area contributed by atoms with Crippen molar-refractivity contribution in [2.45, 2.75) is 72.4 Å². The molecule has 2 atom stereocenters. The summed E-state index contributed by atoms with van der Waals surface area (Å²) in [6.07, 6.45) is 11.8. The van der Waals surface area contributed by atoms with Crippen molar-refractivity contribution in [3.05, 3.63) is 60.5 Å². The highest BCUT2D eigenvalue weighted by molar-refractivity contribution is 6.11. The number of aliphatic imine (C=N–C) groups is 2. The zero-order valence-corrected chi connectivity index (χ0v) is 23.6. The summed E-state index contributed by atoms with van der Waals surface area (Å²) in [6, 6.07) is 4.42. The maximum atomic E-state index is 5.08. The molecule has 0 aliphatic carbocycles. The van der Waals surface area contributed by atoms with Crippen molar-refractivity contribution in [1.29, 1.82) is 0 Å². The van der Waals surface area contributed by atoms with Crippen molar-refractivity contribution in [2.75, 3.05) is 27.7 Å². The van der Waals surface area contributed by atoms with Crippen LogP contribution < -0.4 is 10.6 Å². The van der Waals surface area contributed by atoms with E-state index in [0.717, 1.165) is 47.9 Å². The van der Waals surface area contributed by atoms with Crippen LogP contribution in [0.15, 0.2) is 59.2 Å². The lowest BCUT2D eigenvalue weighted by atomic mass is 10.0. The summed E-state index contributed by atoms with van der Waals surface area (Å²) >= 11 is 0. The van der Waals surface area contributed by atoms with Crippen LogP contribution >= 0.6 is 0 Å². The molecule has 0 bridgehead atoms. The lowest BCUT2D eigenvalue weighted by molar-refractivity contribution is 0.324. The highest BCUT2D eigenvalue weighted by Crippen LogP contribution is 2.17. The van der Waals surface area contributed by atoms with Gasteiger partial charge in [-0.15, -0.1) is 0 Å². The second-order valence-corrected chi connectivity index (χ2v) is 9.81. The van der Waals surface area contributed by atoms with E-state index in [0.29, 0.717) is 18.5 Å². The van der Waals surface area contributed by atoms with Crippen LogP contribution in [0.5, 0.6) is 0 Å². The number of nitrogens with zero attached hydrogens (tertiary/aromatic N) is 5. The van der Waals surface area contributed by atoms with E-state index < -0.39 is 0 Å². The van der Waals surface area contributed by atoms with Gasteiger partial charge in [0, 0.05) is 25.8 Å². The normalized spacial score (nSPS) is 19.9. The summed E-state index contributed by atoms with van der Waals surface area (Å²) in [5, 5.41) is 7.20. The largest absolute Gasteiger partial charge is 0.359 e. The number of nitrogens with one attached hydrogen (secondary N) is 2. The van der Waals surface area contributed by atoms with E-state index in [9.17, 15) is 0 Å². The Labute approximate surface area is 219 Å². The second-order valence-electron chi connectivity index (χ2n) is 9.81. The molecular formula is C29H47N7. The summed E-state index contributed by atoms with van der Waals surface area (Å²) < 4.78 is 0. The molecule has 1 aliphatic rings. The molecule has 2 N–H and O–H groups in total. The third kappa shape index (κ3) is 8.14. The molecule has 2 unspecified atom stereocenters. The van der Waals surface area contributed by atoms with Gasteiger partial charge in [0.25, 0.3) is 0 Å². The number of aromatic nitrogens is 1. The zero-order valence-electron chi connectivity index (χ0n) is 23.6. The van der Waals surface area contributed by atoms with Crippen LogP contribution in [-0.4, -0.2) is 72.5 Å². The minimum Gasteiger partial charge on any atom is -0.359 e. The van der Waals surface area contributed by atoms with Crippen LogP contribution in [0.4, 0.5) is 0 Å². The number of hydrogen-bond acceptors (Lipinski definition) is 6. The van der Waals surface area contributed by atoms with Gasteiger partial charge in [0.05, 0.1) is 12.2 Å². The van der Waals surface area contributed by atoms with E-state index in [1.165, 1.54) is 0 Å². The maximum Gasteiger partial charge on any atom is 0.176 e. The van der Waals surface area contributed by atoms with E-state index in [4.69, 9.17) is 9.98 Å². The quantitative estimate of drug-likeness (QED) is 0.413. The molecular weight excluding hydrogens is 446 g/mol. The van der Waals surface area contributed by atoms with E-state index >= 15 is 0 Å². The molecule has 1 aromatic heterocycles. The number of rotatable bonds is 12. The summed E-state index contributed by atoms with van der Waals surface area (Å²) in [7, 11) is 6.27. The molecule has 0 aromatic carbocycles. The Morgan fingerprint density at radius 2 is 1.94 bits per heavy atom. The molecule has 7 heteroatoms. The SMILES string of the molecule is C=CC=C(C=CC)c1ccc(CN=C2NC(NCC(CC)CC)N=C(N(C)C(C)C)C2N(C)C)cn1. The molecule has 0 fully saturated rings. The standard InChI is InChI=1S/C29H47N7/c1-10-14-24(15-11-2)25-17-16-23(19-30-25)20-31-27-26(35(7)8)28(36(9)21(5)6)34-29(33-27)32-18-22(12-3)13-4/h10-11,14-17,19,21-22,26,29,32H,1,12-13,18,20H2,2-9H3,(H,31,33). The van der Waals surface area contributed by atoms with Crippen molar-refractivity contribution >= 4 is 17.2 Å². The molecule has 0 amide bonds. The lowest BCUT2D eigenvalue weighted by Crippen LogP contribution is -2.63. The van der Waals surface area contributed by atoms with Crippen LogP contribution in [0, 0.1) is 5.92 Å². The third-order valence-corrected chi connectivity index (χ3v) is 6.65. The fourth-order valence-corrected chi connectivity index (χ4v) is 4.08. The van der Waals surface area contributed by atoms with Crippen LogP contribution in [0.25, 0.3) is 5.57 Å².